The van der Waals surface area contributed by atoms with E-state index in [9.17, 15) is 9.59 Å². The molecule has 0 radical (unpaired) electrons. The zero-order chi connectivity index (χ0) is 10.9. The number of nitrogens with zero attached hydrogens (tertiary/aromatic N) is 1. The number of carboxylic acids is 1. The Morgan fingerprint density at radius 2 is 2.36 bits per heavy atom. The summed E-state index contributed by atoms with van der Waals surface area (Å²) in [6, 6.07) is -1.27. The molecule has 0 bridgehead atoms. The van der Waals surface area contributed by atoms with Crippen molar-refractivity contribution >= 4 is 29.2 Å². The van der Waals surface area contributed by atoms with Gasteiger partial charge in [-0.3, -0.25) is 9.69 Å². The van der Waals surface area contributed by atoms with E-state index in [-0.39, 0.29) is 11.0 Å². The molecule has 5 nitrogen and oxygen atoms in total. The molecule has 0 aromatic rings. The third-order valence-electron chi connectivity index (χ3n) is 2.15. The Balaban J connectivity index is 2.90. The summed E-state index contributed by atoms with van der Waals surface area (Å²) in [5.41, 5.74) is 0. The van der Waals surface area contributed by atoms with Crippen LogP contribution in [-0.4, -0.2) is 39.1 Å². The van der Waals surface area contributed by atoms with Gasteiger partial charge in [0.1, 0.15) is 12.1 Å². The van der Waals surface area contributed by atoms with Crippen molar-refractivity contribution in [2.45, 2.75) is 32.4 Å². The van der Waals surface area contributed by atoms with Crippen LogP contribution in [-0.2, 0) is 9.59 Å². The van der Waals surface area contributed by atoms with E-state index in [1.165, 1.54) is 0 Å². The maximum absolute atomic E-state index is 11.5. The van der Waals surface area contributed by atoms with E-state index >= 15 is 0 Å². The lowest BCUT2D eigenvalue weighted by Crippen LogP contribution is -2.45. The van der Waals surface area contributed by atoms with Crippen molar-refractivity contribution in [2.75, 3.05) is 0 Å². The van der Waals surface area contributed by atoms with Crippen molar-refractivity contribution in [3.05, 3.63) is 0 Å². The van der Waals surface area contributed by atoms with E-state index in [1.54, 1.807) is 13.8 Å². The van der Waals surface area contributed by atoms with Gasteiger partial charge in [-0.25, -0.2) is 4.79 Å². The average Bonchev–Trinajstić information content (AvgIpc) is 2.32. The molecule has 1 rings (SSSR count). The second-order valence-corrected chi connectivity index (χ2v) is 3.53. The van der Waals surface area contributed by atoms with Crippen LogP contribution in [0.4, 0.5) is 0 Å². The van der Waals surface area contributed by atoms with Gasteiger partial charge in [0.15, 0.2) is 5.11 Å². The smallest absolute Gasteiger partial charge is 0.326 e. The molecule has 1 fully saturated rings. The second-order valence-electron chi connectivity index (χ2n) is 3.14. The van der Waals surface area contributed by atoms with E-state index in [2.05, 4.69) is 5.32 Å². The minimum atomic E-state index is -1.03. The van der Waals surface area contributed by atoms with Crippen LogP contribution in [0.15, 0.2) is 0 Å². The van der Waals surface area contributed by atoms with Crippen LogP contribution in [0.5, 0.6) is 0 Å². The number of hydrogen-bond acceptors (Lipinski definition) is 3. The molecule has 1 saturated heterocycles. The van der Waals surface area contributed by atoms with E-state index in [4.69, 9.17) is 17.3 Å². The summed E-state index contributed by atoms with van der Waals surface area (Å²) in [5.74, 6) is -1.30. The molecule has 2 atom stereocenters. The minimum absolute atomic E-state index is 0.205. The highest BCUT2D eigenvalue weighted by Gasteiger charge is 2.39. The van der Waals surface area contributed by atoms with Gasteiger partial charge < -0.3 is 10.4 Å². The molecule has 1 amide bonds. The first-order chi connectivity index (χ1) is 6.49. The molecule has 78 valence electrons. The fourth-order valence-electron chi connectivity index (χ4n) is 1.39. The fraction of sp³-hybridized carbons (Fsp3) is 0.625. The number of rotatable bonds is 3. The maximum atomic E-state index is 11.5. The van der Waals surface area contributed by atoms with Crippen LogP contribution in [0.2, 0.25) is 0 Å². The highest BCUT2D eigenvalue weighted by atomic mass is 32.1. The second kappa shape index (κ2) is 3.91. The van der Waals surface area contributed by atoms with Crippen molar-refractivity contribution < 1.29 is 14.7 Å². The van der Waals surface area contributed by atoms with E-state index in [1.807, 2.05) is 0 Å². The average molecular weight is 216 g/mol. The van der Waals surface area contributed by atoms with Gasteiger partial charge in [-0.2, -0.15) is 0 Å². The number of amides is 1. The molecule has 14 heavy (non-hydrogen) atoms. The van der Waals surface area contributed by atoms with Crippen LogP contribution in [0, 0.1) is 0 Å². The summed E-state index contributed by atoms with van der Waals surface area (Å²) >= 11 is 4.89. The molecular formula is C8H12N2O3S. The lowest BCUT2D eigenvalue weighted by Gasteiger charge is -2.21. The van der Waals surface area contributed by atoms with Gasteiger partial charge in [-0.05, 0) is 25.6 Å². The molecule has 0 spiro atoms. The van der Waals surface area contributed by atoms with Crippen molar-refractivity contribution in [3.8, 4) is 0 Å². The van der Waals surface area contributed by atoms with Gasteiger partial charge in [-0.1, -0.05) is 6.92 Å². The zero-order valence-electron chi connectivity index (χ0n) is 7.98. The van der Waals surface area contributed by atoms with Crippen molar-refractivity contribution in [1.29, 1.82) is 0 Å². The van der Waals surface area contributed by atoms with Crippen LogP contribution >= 0.6 is 12.2 Å². The van der Waals surface area contributed by atoms with Crippen LogP contribution in [0.3, 0.4) is 0 Å². The van der Waals surface area contributed by atoms with Crippen LogP contribution in [0.1, 0.15) is 20.3 Å². The molecule has 6 heteroatoms. The molecule has 2 N–H and O–H groups in total. The van der Waals surface area contributed by atoms with E-state index in [0.29, 0.717) is 6.42 Å². The molecule has 1 aliphatic rings. The Kier molecular flexibility index (Phi) is 3.05. The number of carboxylic acid groups (broad SMARTS) is 1. The summed E-state index contributed by atoms with van der Waals surface area (Å²) in [7, 11) is 0. The van der Waals surface area contributed by atoms with Crippen LogP contribution in [0.25, 0.3) is 0 Å². The SMILES string of the molecule is CCC(C(=O)O)N1C(=O)C(C)NC1=S. The predicted octanol–water partition coefficient (Wildman–Crippen LogP) is -0.0452. The Hall–Kier alpha value is -1.17. The summed E-state index contributed by atoms with van der Waals surface area (Å²) in [5, 5.41) is 11.8. The lowest BCUT2D eigenvalue weighted by molar-refractivity contribution is -0.146. The first-order valence-corrected chi connectivity index (χ1v) is 4.76. The molecule has 2 unspecified atom stereocenters. The Bertz CT molecular complexity index is 292. The molecule has 0 saturated carbocycles. The number of nitrogens with one attached hydrogen (secondary N) is 1. The minimum Gasteiger partial charge on any atom is -0.480 e. The topological polar surface area (TPSA) is 69.6 Å². The summed E-state index contributed by atoms with van der Waals surface area (Å²) in [6.45, 7) is 3.36. The molecular weight excluding hydrogens is 204 g/mol. The lowest BCUT2D eigenvalue weighted by atomic mass is 10.2. The van der Waals surface area contributed by atoms with Gasteiger partial charge in [-0.15, -0.1) is 0 Å². The third-order valence-corrected chi connectivity index (χ3v) is 2.46. The zero-order valence-corrected chi connectivity index (χ0v) is 8.80. The fourth-order valence-corrected chi connectivity index (χ4v) is 1.78. The molecule has 0 aliphatic carbocycles. The van der Waals surface area contributed by atoms with Crippen molar-refractivity contribution in [3.63, 3.8) is 0 Å². The summed E-state index contributed by atoms with van der Waals surface area (Å²) < 4.78 is 0. The van der Waals surface area contributed by atoms with E-state index < -0.39 is 18.1 Å². The number of aliphatic carboxylic acids is 1. The predicted molar refractivity (Wildman–Crippen MR) is 53.8 cm³/mol. The van der Waals surface area contributed by atoms with E-state index in [0.717, 1.165) is 4.90 Å². The molecule has 1 aliphatic heterocycles. The molecule has 1 heterocycles. The van der Waals surface area contributed by atoms with Gasteiger partial charge >= 0.3 is 5.97 Å². The normalized spacial score (nSPS) is 23.6. The number of carbonyl (C=O) groups is 2. The highest BCUT2D eigenvalue weighted by molar-refractivity contribution is 7.80. The largest absolute Gasteiger partial charge is 0.480 e. The first kappa shape index (κ1) is 10.9. The Labute approximate surface area is 87.1 Å². The highest BCUT2D eigenvalue weighted by Crippen LogP contribution is 2.13. The Morgan fingerprint density at radius 1 is 1.79 bits per heavy atom. The Morgan fingerprint density at radius 3 is 2.64 bits per heavy atom. The van der Waals surface area contributed by atoms with Crippen molar-refractivity contribution in [1.82, 2.24) is 10.2 Å². The van der Waals surface area contributed by atoms with Gasteiger partial charge in [0.25, 0.3) is 5.91 Å². The quantitative estimate of drug-likeness (QED) is 0.648. The number of hydrogen-bond donors (Lipinski definition) is 2. The van der Waals surface area contributed by atoms with Gasteiger partial charge in [0, 0.05) is 0 Å². The summed E-state index contributed by atoms with van der Waals surface area (Å²) in [6.07, 6.45) is 0.343. The summed E-state index contributed by atoms with van der Waals surface area (Å²) in [4.78, 5) is 23.5. The monoisotopic (exact) mass is 216 g/mol. The number of thiocarbonyl (C=S) groups is 1. The van der Waals surface area contributed by atoms with Gasteiger partial charge in [0.2, 0.25) is 0 Å². The maximum Gasteiger partial charge on any atom is 0.326 e. The molecule has 0 aromatic heterocycles. The number of carbonyl (C=O) groups excluding carboxylic acids is 1. The first-order valence-electron chi connectivity index (χ1n) is 4.35. The third kappa shape index (κ3) is 1.70. The standard InChI is InChI=1S/C8H12N2O3S/c1-3-5(7(12)13)10-6(11)4(2)9-8(10)14/h4-5H,3H2,1-2H3,(H,9,14)(H,12,13). The van der Waals surface area contributed by atoms with Gasteiger partial charge in [0.05, 0.1) is 0 Å². The van der Waals surface area contributed by atoms with Crippen molar-refractivity contribution in [2.24, 2.45) is 0 Å². The van der Waals surface area contributed by atoms with Crippen LogP contribution < -0.4 is 5.32 Å². The molecule has 0 aromatic carbocycles.